The van der Waals surface area contributed by atoms with E-state index in [0.29, 0.717) is 17.9 Å². The summed E-state index contributed by atoms with van der Waals surface area (Å²) in [5.74, 6) is 1.87. The molecule has 0 unspecified atom stereocenters. The van der Waals surface area contributed by atoms with Crippen LogP contribution in [0.2, 0.25) is 0 Å². The van der Waals surface area contributed by atoms with E-state index in [1.165, 1.54) is 11.1 Å². The summed E-state index contributed by atoms with van der Waals surface area (Å²) in [7, 11) is 0. The van der Waals surface area contributed by atoms with E-state index >= 15 is 0 Å². The summed E-state index contributed by atoms with van der Waals surface area (Å²) < 4.78 is 0. The van der Waals surface area contributed by atoms with Crippen LogP contribution in [0.15, 0.2) is 30.3 Å². The molecule has 5 nitrogen and oxygen atoms in total. The number of rotatable bonds is 6. The lowest BCUT2D eigenvalue weighted by atomic mass is 9.95. The molecular weight excluding hydrogens is 324 g/mol. The van der Waals surface area contributed by atoms with Gasteiger partial charge in [0.15, 0.2) is 0 Å². The molecule has 1 aliphatic heterocycles. The quantitative estimate of drug-likeness (QED) is 0.832. The molecule has 3 rings (SSSR count). The standard InChI is InChI=1S/C21H30N4O/c1-5-18-11-20(24-21(22-18)23-19(13-26)14(2)3)25-12-17-9-7-6-8-16(17)10-15(25)4/h6-9,11,14-15,19,26H,5,10,12-13H2,1-4H3,(H,22,23,24)/t15-,19-/m1/s1. The molecule has 5 heteroatoms. The number of aliphatic hydroxyl groups is 1. The molecule has 0 radical (unpaired) electrons. The first-order valence-electron chi connectivity index (χ1n) is 9.60. The van der Waals surface area contributed by atoms with Crippen molar-refractivity contribution in [1.29, 1.82) is 0 Å². The van der Waals surface area contributed by atoms with Gasteiger partial charge in [0, 0.05) is 24.3 Å². The Morgan fingerprint density at radius 1 is 1.23 bits per heavy atom. The minimum atomic E-state index is -0.0468. The fraction of sp³-hybridized carbons (Fsp3) is 0.524. The van der Waals surface area contributed by atoms with Gasteiger partial charge >= 0.3 is 0 Å². The molecule has 0 amide bonds. The molecule has 1 aliphatic rings. The van der Waals surface area contributed by atoms with Gasteiger partial charge in [0.25, 0.3) is 0 Å². The molecule has 0 fully saturated rings. The first kappa shape index (κ1) is 18.6. The highest BCUT2D eigenvalue weighted by molar-refractivity contribution is 5.49. The number of fused-ring (bicyclic) bond motifs is 1. The van der Waals surface area contributed by atoms with Crippen LogP contribution >= 0.6 is 0 Å². The van der Waals surface area contributed by atoms with Crippen molar-refractivity contribution in [3.8, 4) is 0 Å². The van der Waals surface area contributed by atoms with Crippen LogP contribution in [0.3, 0.4) is 0 Å². The Morgan fingerprint density at radius 3 is 2.62 bits per heavy atom. The largest absolute Gasteiger partial charge is 0.394 e. The first-order valence-corrected chi connectivity index (χ1v) is 9.60. The predicted molar refractivity (Wildman–Crippen MR) is 107 cm³/mol. The van der Waals surface area contributed by atoms with E-state index in [-0.39, 0.29) is 12.6 Å². The van der Waals surface area contributed by atoms with Crippen molar-refractivity contribution in [3.05, 3.63) is 47.2 Å². The molecule has 0 saturated carbocycles. The van der Waals surface area contributed by atoms with Crippen LogP contribution in [0, 0.1) is 5.92 Å². The van der Waals surface area contributed by atoms with Crippen LogP contribution in [-0.4, -0.2) is 33.8 Å². The second-order valence-electron chi connectivity index (χ2n) is 7.52. The van der Waals surface area contributed by atoms with Crippen LogP contribution in [0.5, 0.6) is 0 Å². The van der Waals surface area contributed by atoms with E-state index in [1.54, 1.807) is 0 Å². The normalized spacial score (nSPS) is 17.9. The number of nitrogens with zero attached hydrogens (tertiary/aromatic N) is 3. The van der Waals surface area contributed by atoms with Gasteiger partial charge in [-0.1, -0.05) is 45.0 Å². The van der Waals surface area contributed by atoms with Crippen molar-refractivity contribution >= 4 is 11.8 Å². The number of nitrogens with one attached hydrogen (secondary N) is 1. The Hall–Kier alpha value is -2.14. The number of hydrogen-bond acceptors (Lipinski definition) is 5. The number of aliphatic hydroxyl groups excluding tert-OH is 1. The zero-order valence-electron chi connectivity index (χ0n) is 16.2. The Labute approximate surface area is 156 Å². The van der Waals surface area contributed by atoms with E-state index in [2.05, 4.69) is 73.2 Å². The fourth-order valence-corrected chi connectivity index (χ4v) is 3.45. The third-order valence-corrected chi connectivity index (χ3v) is 5.24. The maximum atomic E-state index is 9.63. The Kier molecular flexibility index (Phi) is 5.77. The average molecular weight is 354 g/mol. The molecule has 0 aliphatic carbocycles. The van der Waals surface area contributed by atoms with Crippen LogP contribution in [0.25, 0.3) is 0 Å². The molecule has 26 heavy (non-hydrogen) atoms. The highest BCUT2D eigenvalue weighted by atomic mass is 16.3. The Bertz CT molecular complexity index is 747. The Morgan fingerprint density at radius 2 is 1.96 bits per heavy atom. The third-order valence-electron chi connectivity index (χ3n) is 5.24. The highest BCUT2D eigenvalue weighted by Gasteiger charge is 2.25. The number of anilines is 2. The average Bonchev–Trinajstić information content (AvgIpc) is 2.64. The van der Waals surface area contributed by atoms with Crippen molar-refractivity contribution < 1.29 is 5.11 Å². The van der Waals surface area contributed by atoms with Gasteiger partial charge in [-0.05, 0) is 36.8 Å². The van der Waals surface area contributed by atoms with Crippen LogP contribution in [0.4, 0.5) is 11.8 Å². The lowest BCUT2D eigenvalue weighted by molar-refractivity contribution is 0.248. The molecule has 1 aromatic heterocycles. The molecule has 0 spiro atoms. The van der Waals surface area contributed by atoms with Crippen molar-refractivity contribution in [1.82, 2.24) is 9.97 Å². The van der Waals surface area contributed by atoms with Gasteiger partial charge in [-0.25, -0.2) is 4.98 Å². The zero-order chi connectivity index (χ0) is 18.7. The molecule has 2 atom stereocenters. The predicted octanol–water partition coefficient (Wildman–Crippen LogP) is 3.42. The molecule has 0 bridgehead atoms. The highest BCUT2D eigenvalue weighted by Crippen LogP contribution is 2.28. The van der Waals surface area contributed by atoms with E-state index in [4.69, 9.17) is 4.98 Å². The monoisotopic (exact) mass is 354 g/mol. The van der Waals surface area contributed by atoms with Gasteiger partial charge in [-0.2, -0.15) is 4.98 Å². The maximum Gasteiger partial charge on any atom is 0.225 e. The summed E-state index contributed by atoms with van der Waals surface area (Å²) in [6, 6.07) is 11.1. The first-order chi connectivity index (χ1) is 12.5. The van der Waals surface area contributed by atoms with Crippen LogP contribution in [0.1, 0.15) is 44.5 Å². The number of aryl methyl sites for hydroxylation is 1. The van der Waals surface area contributed by atoms with Gasteiger partial charge in [-0.15, -0.1) is 0 Å². The Balaban J connectivity index is 1.91. The van der Waals surface area contributed by atoms with E-state index in [9.17, 15) is 5.11 Å². The molecule has 2 N–H and O–H groups in total. The maximum absolute atomic E-state index is 9.63. The lowest BCUT2D eigenvalue weighted by Crippen LogP contribution is -2.39. The van der Waals surface area contributed by atoms with Crippen LogP contribution < -0.4 is 10.2 Å². The van der Waals surface area contributed by atoms with E-state index in [1.807, 2.05) is 0 Å². The van der Waals surface area contributed by atoms with Crippen molar-refractivity contribution in [3.63, 3.8) is 0 Å². The number of benzene rings is 1. The van der Waals surface area contributed by atoms with E-state index in [0.717, 1.165) is 30.9 Å². The van der Waals surface area contributed by atoms with Crippen molar-refractivity contribution in [2.75, 3.05) is 16.8 Å². The SMILES string of the molecule is CCc1cc(N2Cc3ccccc3C[C@H]2C)nc(N[C@H](CO)C(C)C)n1. The van der Waals surface area contributed by atoms with Crippen molar-refractivity contribution in [2.24, 2.45) is 5.92 Å². The molecule has 2 heterocycles. The summed E-state index contributed by atoms with van der Waals surface area (Å²) in [4.78, 5) is 11.8. The molecule has 1 aromatic carbocycles. The zero-order valence-corrected chi connectivity index (χ0v) is 16.2. The summed E-state index contributed by atoms with van der Waals surface area (Å²) >= 11 is 0. The second-order valence-corrected chi connectivity index (χ2v) is 7.52. The molecule has 140 valence electrons. The molecule has 2 aromatic rings. The number of hydrogen-bond donors (Lipinski definition) is 2. The third kappa shape index (κ3) is 3.98. The summed E-state index contributed by atoms with van der Waals surface area (Å²) in [6.07, 6.45) is 1.88. The fourth-order valence-electron chi connectivity index (χ4n) is 3.45. The van der Waals surface area contributed by atoms with Crippen molar-refractivity contribution in [2.45, 2.75) is 59.2 Å². The minimum Gasteiger partial charge on any atom is -0.394 e. The van der Waals surface area contributed by atoms with Crippen LogP contribution in [-0.2, 0) is 19.4 Å². The summed E-state index contributed by atoms with van der Waals surface area (Å²) in [6.45, 7) is 9.47. The summed E-state index contributed by atoms with van der Waals surface area (Å²) in [5.41, 5.74) is 3.82. The van der Waals surface area contributed by atoms with Gasteiger partial charge in [0.2, 0.25) is 5.95 Å². The van der Waals surface area contributed by atoms with Gasteiger partial charge in [0.05, 0.1) is 12.6 Å². The van der Waals surface area contributed by atoms with Gasteiger partial charge in [-0.3, -0.25) is 0 Å². The lowest BCUT2D eigenvalue weighted by Gasteiger charge is -2.36. The van der Waals surface area contributed by atoms with Gasteiger partial charge in [0.1, 0.15) is 5.82 Å². The van der Waals surface area contributed by atoms with E-state index < -0.39 is 0 Å². The molecular formula is C21H30N4O. The smallest absolute Gasteiger partial charge is 0.225 e. The summed E-state index contributed by atoms with van der Waals surface area (Å²) in [5, 5.41) is 12.9. The molecule has 0 saturated heterocycles. The minimum absolute atomic E-state index is 0.0468. The van der Waals surface area contributed by atoms with Gasteiger partial charge < -0.3 is 15.3 Å². The number of aromatic nitrogens is 2. The topological polar surface area (TPSA) is 61.3 Å². The second kappa shape index (κ2) is 8.04.